The largest absolute Gasteiger partial charge is 0.385 e. The van der Waals surface area contributed by atoms with Gasteiger partial charge in [0.05, 0.1) is 16.9 Å². The van der Waals surface area contributed by atoms with E-state index >= 15 is 0 Å². The summed E-state index contributed by atoms with van der Waals surface area (Å²) < 4.78 is 5.28. The number of oxime groups is 1. The van der Waals surface area contributed by atoms with Crippen LogP contribution < -0.4 is 37.6 Å². The molecular weight excluding hydrogens is 801 g/mol. The lowest BCUT2D eigenvalue weighted by Crippen LogP contribution is -2.22. The Balaban J connectivity index is 0.000000231. The van der Waals surface area contributed by atoms with E-state index in [2.05, 4.69) is 67.6 Å². The molecule has 0 radical (unpaired) electrons. The fourth-order valence-corrected chi connectivity index (χ4v) is 5.67. The van der Waals surface area contributed by atoms with E-state index in [0.717, 1.165) is 42.5 Å². The molecule has 324 valence electrons. The van der Waals surface area contributed by atoms with Crippen molar-refractivity contribution in [3.05, 3.63) is 82.4 Å². The SMILES string of the molecule is C.CNC(=O)c1nnc(NC(=O)C2CC2)cc1Nc1cccc(-c2nc(C)no2)c1C.CNC(=O)c1nnc(NC(=O)C2CC2)cc1Nc1cccc(C(=O)O/N=C(/C)N)c1C. The van der Waals surface area contributed by atoms with Crippen LogP contribution in [0, 0.1) is 32.6 Å². The highest BCUT2D eigenvalue weighted by atomic mass is 16.7. The van der Waals surface area contributed by atoms with Gasteiger partial charge in [-0.15, -0.1) is 20.4 Å². The van der Waals surface area contributed by atoms with Crippen molar-refractivity contribution in [2.75, 3.05) is 35.4 Å². The number of amides is 4. The Morgan fingerprint density at radius 2 is 1.23 bits per heavy atom. The number of aromatic nitrogens is 6. The van der Waals surface area contributed by atoms with Crippen molar-refractivity contribution in [3.8, 4) is 11.5 Å². The van der Waals surface area contributed by atoms with Crippen LogP contribution in [0.15, 0.2) is 58.2 Å². The van der Waals surface area contributed by atoms with Crippen molar-refractivity contribution in [2.24, 2.45) is 22.7 Å². The first kappa shape index (κ1) is 45.2. The maximum atomic E-state index is 12.3. The number of nitrogens with zero attached hydrogens (tertiary/aromatic N) is 7. The van der Waals surface area contributed by atoms with E-state index < -0.39 is 17.8 Å². The highest BCUT2D eigenvalue weighted by Gasteiger charge is 2.31. The summed E-state index contributed by atoms with van der Waals surface area (Å²) in [5.41, 5.74) is 9.96. The molecule has 3 aromatic heterocycles. The molecule has 0 atom stereocenters. The van der Waals surface area contributed by atoms with Crippen LogP contribution in [-0.4, -0.2) is 80.1 Å². The van der Waals surface area contributed by atoms with E-state index in [0.29, 0.717) is 34.3 Å². The Kier molecular flexibility index (Phi) is 14.6. The smallest absolute Gasteiger partial charge is 0.366 e. The van der Waals surface area contributed by atoms with Gasteiger partial charge in [-0.3, -0.25) is 19.2 Å². The Morgan fingerprint density at radius 1 is 0.726 bits per heavy atom. The van der Waals surface area contributed by atoms with Gasteiger partial charge in [0.1, 0.15) is 5.84 Å². The third-order valence-electron chi connectivity index (χ3n) is 9.33. The van der Waals surface area contributed by atoms with Gasteiger partial charge in [-0.2, -0.15) is 4.98 Å². The molecule has 8 N–H and O–H groups in total. The van der Waals surface area contributed by atoms with Crippen LogP contribution in [0.1, 0.15) is 88.3 Å². The summed E-state index contributed by atoms with van der Waals surface area (Å²) in [5, 5.41) is 40.0. The lowest BCUT2D eigenvalue weighted by Gasteiger charge is -2.15. The number of anilines is 6. The van der Waals surface area contributed by atoms with Crippen molar-refractivity contribution in [1.29, 1.82) is 0 Å². The average molecular weight is 849 g/mol. The van der Waals surface area contributed by atoms with Gasteiger partial charge in [0.25, 0.3) is 17.7 Å². The number of nitrogens with two attached hydrogens (primary N) is 1. The quantitative estimate of drug-likeness (QED) is 0.0358. The van der Waals surface area contributed by atoms with Crippen molar-refractivity contribution in [2.45, 2.75) is 60.8 Å². The summed E-state index contributed by atoms with van der Waals surface area (Å²) in [7, 11) is 2.98. The number of hydrogen-bond acceptors (Lipinski definition) is 16. The molecule has 62 heavy (non-hydrogen) atoms. The van der Waals surface area contributed by atoms with Gasteiger partial charge >= 0.3 is 5.97 Å². The van der Waals surface area contributed by atoms with Crippen LogP contribution in [0.5, 0.6) is 0 Å². The first-order chi connectivity index (χ1) is 29.3. The second-order valence-corrected chi connectivity index (χ2v) is 14.1. The van der Waals surface area contributed by atoms with Crippen molar-refractivity contribution in [1.82, 2.24) is 41.2 Å². The number of amidine groups is 1. The van der Waals surface area contributed by atoms with Crippen LogP contribution in [0.2, 0.25) is 0 Å². The van der Waals surface area contributed by atoms with Crippen molar-refractivity contribution in [3.63, 3.8) is 0 Å². The van der Waals surface area contributed by atoms with Gasteiger partial charge in [0, 0.05) is 55.0 Å². The van der Waals surface area contributed by atoms with E-state index in [-0.39, 0.29) is 65.5 Å². The number of aryl methyl sites for hydroxylation is 1. The number of benzene rings is 2. The number of rotatable bonds is 13. The van der Waals surface area contributed by atoms with E-state index in [1.165, 1.54) is 27.1 Å². The molecule has 2 aliphatic rings. The molecule has 2 aromatic carbocycles. The van der Waals surface area contributed by atoms with Crippen LogP contribution in [0.25, 0.3) is 11.5 Å². The van der Waals surface area contributed by atoms with Gasteiger partial charge in [0.15, 0.2) is 28.8 Å². The average Bonchev–Trinajstić information content (AvgIpc) is 4.19. The Hall–Kier alpha value is -7.84. The zero-order chi connectivity index (χ0) is 43.8. The molecule has 5 aromatic rings. The molecule has 7 rings (SSSR count). The molecule has 0 spiro atoms. The van der Waals surface area contributed by atoms with Crippen molar-refractivity contribution >= 4 is 69.8 Å². The van der Waals surface area contributed by atoms with Crippen LogP contribution >= 0.6 is 0 Å². The second kappa shape index (κ2) is 19.9. The Labute approximate surface area is 356 Å². The van der Waals surface area contributed by atoms with Crippen LogP contribution in [-0.2, 0) is 14.4 Å². The minimum atomic E-state index is -0.678. The fourth-order valence-electron chi connectivity index (χ4n) is 5.67. The minimum Gasteiger partial charge on any atom is -0.385 e. The summed E-state index contributed by atoms with van der Waals surface area (Å²) in [5.74, 6) is -0.192. The second-order valence-electron chi connectivity index (χ2n) is 14.1. The predicted molar refractivity (Wildman–Crippen MR) is 230 cm³/mol. The lowest BCUT2D eigenvalue weighted by atomic mass is 10.1. The highest BCUT2D eigenvalue weighted by Crippen LogP contribution is 2.33. The first-order valence-corrected chi connectivity index (χ1v) is 19.1. The summed E-state index contributed by atoms with van der Waals surface area (Å²) in [4.78, 5) is 70.0. The van der Waals surface area contributed by atoms with E-state index in [4.69, 9.17) is 15.1 Å². The third kappa shape index (κ3) is 11.2. The highest BCUT2D eigenvalue weighted by molar-refractivity contribution is 6.01. The topological polar surface area (TPSA) is 296 Å². The van der Waals surface area contributed by atoms with E-state index in [1.807, 2.05) is 25.1 Å². The van der Waals surface area contributed by atoms with Gasteiger partial charge in [-0.25, -0.2) is 4.79 Å². The standard InChI is InChI=1S/C20H23N7O4.C20H21N7O3.CH4/c1-10-13(20(30)31-27-11(2)21)5-4-6-14(10)23-15-9-16(24-18(28)12-7-8-12)25-26-17(15)19(29)22-3;1-10-13(20-22-11(2)27-30-20)5-4-6-14(10)23-15-9-16(24-18(28)12-7-8-12)25-26-17(15)19(29)21-3;/h4-6,9,12H,7-8H2,1-3H3,(H2,21,27)(H,22,29)(H2,23,24,25,28);4-6,9,12H,7-8H2,1-3H3,(H,21,29)(H2,23,24,25,28);1H4. The molecular formula is C41H48N14O7. The molecule has 0 aliphatic heterocycles. The molecule has 4 amide bonds. The minimum absolute atomic E-state index is 0. The molecule has 2 fully saturated rings. The molecule has 21 heteroatoms. The van der Waals surface area contributed by atoms with Crippen LogP contribution in [0.3, 0.4) is 0 Å². The number of carbonyl (C=O) groups excluding carboxylic acids is 5. The van der Waals surface area contributed by atoms with Gasteiger partial charge in [-0.1, -0.05) is 29.9 Å². The van der Waals surface area contributed by atoms with Crippen LogP contribution in [0.4, 0.5) is 34.4 Å². The third-order valence-corrected chi connectivity index (χ3v) is 9.33. The predicted octanol–water partition coefficient (Wildman–Crippen LogP) is 4.92. The van der Waals surface area contributed by atoms with E-state index in [1.54, 1.807) is 38.1 Å². The zero-order valence-corrected chi connectivity index (χ0v) is 34.2. The number of hydrogen-bond donors (Lipinski definition) is 7. The van der Waals surface area contributed by atoms with Gasteiger partial charge in [-0.05, 0) is 88.8 Å². The fraction of sp³-hybridized carbons (Fsp3) is 0.317. The molecule has 21 nitrogen and oxygen atoms in total. The summed E-state index contributed by atoms with van der Waals surface area (Å²) in [6.07, 6.45) is 3.44. The summed E-state index contributed by atoms with van der Waals surface area (Å²) >= 11 is 0. The maximum absolute atomic E-state index is 12.3. The Morgan fingerprint density at radius 3 is 1.68 bits per heavy atom. The monoisotopic (exact) mass is 848 g/mol. The summed E-state index contributed by atoms with van der Waals surface area (Å²) in [6, 6.07) is 13.6. The summed E-state index contributed by atoms with van der Waals surface area (Å²) in [6.45, 7) is 6.86. The molecule has 0 unspecified atom stereocenters. The molecule has 2 aliphatic carbocycles. The molecule has 3 heterocycles. The number of carbonyl (C=O) groups is 5. The number of nitrogens with one attached hydrogen (secondary N) is 6. The molecule has 2 saturated carbocycles. The van der Waals surface area contributed by atoms with Gasteiger partial charge in [0.2, 0.25) is 11.8 Å². The van der Waals surface area contributed by atoms with Gasteiger partial charge < -0.3 is 47.0 Å². The zero-order valence-electron chi connectivity index (χ0n) is 34.2. The van der Waals surface area contributed by atoms with Crippen molar-refractivity contribution < 1.29 is 33.3 Å². The Bertz CT molecular complexity index is 2530. The normalized spacial score (nSPS) is 13.0. The first-order valence-electron chi connectivity index (χ1n) is 19.1. The molecule has 0 bridgehead atoms. The molecule has 0 saturated heterocycles. The van der Waals surface area contributed by atoms with E-state index in [9.17, 15) is 24.0 Å². The maximum Gasteiger partial charge on any atom is 0.366 e. The lowest BCUT2D eigenvalue weighted by molar-refractivity contribution is -0.118.